The summed E-state index contributed by atoms with van der Waals surface area (Å²) in [6.07, 6.45) is 0.530. The fourth-order valence-electron chi connectivity index (χ4n) is 2.75. The molecule has 1 N–H and O–H groups in total. The van der Waals surface area contributed by atoms with Gasteiger partial charge in [-0.3, -0.25) is 9.59 Å². The van der Waals surface area contributed by atoms with E-state index in [-0.39, 0.29) is 18.4 Å². The Morgan fingerprint density at radius 3 is 2.33 bits per heavy atom. The van der Waals surface area contributed by atoms with E-state index >= 15 is 0 Å². The van der Waals surface area contributed by atoms with Crippen molar-refractivity contribution in [1.29, 1.82) is 0 Å². The first-order valence-electron chi connectivity index (χ1n) is 9.04. The molecule has 0 radical (unpaired) electrons. The summed E-state index contributed by atoms with van der Waals surface area (Å²) in [5.41, 5.74) is 0.970. The van der Waals surface area contributed by atoms with Crippen molar-refractivity contribution in [3.05, 3.63) is 64.6 Å². The lowest BCUT2D eigenvalue weighted by atomic mass is 10.1. The first-order chi connectivity index (χ1) is 13.0. The highest BCUT2D eigenvalue weighted by atomic mass is 79.9. The van der Waals surface area contributed by atoms with Crippen LogP contribution in [-0.2, 0) is 16.1 Å². The molecule has 1 atom stereocenters. The molecule has 5 nitrogen and oxygen atoms in total. The van der Waals surface area contributed by atoms with Crippen LogP contribution < -0.4 is 10.1 Å². The van der Waals surface area contributed by atoms with Crippen LogP contribution in [0.5, 0.6) is 5.75 Å². The van der Waals surface area contributed by atoms with E-state index < -0.39 is 6.04 Å². The molecule has 144 valence electrons. The van der Waals surface area contributed by atoms with Gasteiger partial charge in [0.25, 0.3) is 5.91 Å². The third kappa shape index (κ3) is 6.40. The molecule has 0 aliphatic heterocycles. The fraction of sp³-hybridized carbons (Fsp3) is 0.333. The number of hydrogen-bond acceptors (Lipinski definition) is 3. The van der Waals surface area contributed by atoms with Gasteiger partial charge in [-0.1, -0.05) is 53.2 Å². The molecule has 0 saturated carbocycles. The monoisotopic (exact) mass is 432 g/mol. The Balaban J connectivity index is 2.14. The van der Waals surface area contributed by atoms with Gasteiger partial charge in [-0.05, 0) is 43.2 Å². The Kier molecular flexibility index (Phi) is 8.33. The topological polar surface area (TPSA) is 58.6 Å². The number of benzene rings is 2. The number of hydrogen-bond donors (Lipinski definition) is 1. The maximum absolute atomic E-state index is 12.9. The third-order valence-corrected chi connectivity index (χ3v) is 4.64. The Bertz CT molecular complexity index is 735. The molecule has 0 spiro atoms. The molecule has 0 fully saturated rings. The van der Waals surface area contributed by atoms with E-state index in [0.717, 1.165) is 10.0 Å². The predicted octanol–water partition coefficient (Wildman–Crippen LogP) is 3.77. The summed E-state index contributed by atoms with van der Waals surface area (Å²) in [6.45, 7) is 4.53. The maximum Gasteiger partial charge on any atom is 0.261 e. The number of ether oxygens (including phenoxy) is 1. The van der Waals surface area contributed by atoms with Gasteiger partial charge >= 0.3 is 0 Å². The summed E-state index contributed by atoms with van der Waals surface area (Å²) < 4.78 is 6.57. The molecule has 0 bridgehead atoms. The van der Waals surface area contributed by atoms with Crippen molar-refractivity contribution < 1.29 is 14.3 Å². The number of nitrogens with zero attached hydrogens (tertiary/aromatic N) is 1. The van der Waals surface area contributed by atoms with Crippen molar-refractivity contribution in [2.45, 2.75) is 32.9 Å². The van der Waals surface area contributed by atoms with Crippen molar-refractivity contribution >= 4 is 27.7 Å². The smallest absolute Gasteiger partial charge is 0.261 e. The van der Waals surface area contributed by atoms with Gasteiger partial charge in [0.2, 0.25) is 5.91 Å². The van der Waals surface area contributed by atoms with Crippen molar-refractivity contribution in [2.75, 3.05) is 13.2 Å². The first kappa shape index (κ1) is 21.0. The second kappa shape index (κ2) is 10.7. The van der Waals surface area contributed by atoms with E-state index in [0.29, 0.717) is 25.3 Å². The van der Waals surface area contributed by atoms with Crippen LogP contribution >= 0.6 is 15.9 Å². The Hall–Kier alpha value is -2.34. The molecule has 0 saturated heterocycles. The standard InChI is InChI=1S/C21H25BrN2O3/c1-3-19(21(26)23-4-2)24(14-16-8-6-5-7-9-16)20(25)15-27-18-12-10-17(22)11-13-18/h5-13,19H,3-4,14-15H2,1-2H3,(H,23,26)/t19-/m0/s1. The van der Waals surface area contributed by atoms with Gasteiger partial charge in [0.1, 0.15) is 11.8 Å². The Morgan fingerprint density at radius 1 is 1.07 bits per heavy atom. The van der Waals surface area contributed by atoms with Crippen molar-refractivity contribution in [2.24, 2.45) is 0 Å². The number of rotatable bonds is 9. The highest BCUT2D eigenvalue weighted by Crippen LogP contribution is 2.17. The number of nitrogens with one attached hydrogen (secondary N) is 1. The second-order valence-electron chi connectivity index (χ2n) is 6.07. The van der Waals surface area contributed by atoms with Crippen LogP contribution in [0, 0.1) is 0 Å². The molecule has 0 unspecified atom stereocenters. The number of carbonyl (C=O) groups is 2. The lowest BCUT2D eigenvalue weighted by Gasteiger charge is -2.30. The van der Waals surface area contributed by atoms with Gasteiger partial charge in [-0.25, -0.2) is 0 Å². The normalized spacial score (nSPS) is 11.5. The molecule has 27 heavy (non-hydrogen) atoms. The van der Waals surface area contributed by atoms with E-state index in [1.54, 1.807) is 17.0 Å². The molecule has 0 aliphatic carbocycles. The average Bonchev–Trinajstić information content (AvgIpc) is 2.68. The minimum atomic E-state index is -0.536. The summed E-state index contributed by atoms with van der Waals surface area (Å²) in [5.74, 6) is 0.241. The number of amides is 2. The van der Waals surface area contributed by atoms with Crippen molar-refractivity contribution in [1.82, 2.24) is 10.2 Å². The van der Waals surface area contributed by atoms with Crippen LogP contribution in [0.2, 0.25) is 0 Å². The zero-order valence-electron chi connectivity index (χ0n) is 15.7. The summed E-state index contributed by atoms with van der Waals surface area (Å²) in [5, 5.41) is 2.82. The van der Waals surface area contributed by atoms with Gasteiger partial charge in [-0.15, -0.1) is 0 Å². The molecule has 2 rings (SSSR count). The molecule has 2 amide bonds. The summed E-state index contributed by atoms with van der Waals surface area (Å²) in [7, 11) is 0. The quantitative estimate of drug-likeness (QED) is 0.655. The van der Waals surface area contributed by atoms with Crippen molar-refractivity contribution in [3.8, 4) is 5.75 Å². The van der Waals surface area contributed by atoms with Crippen LogP contribution in [0.25, 0.3) is 0 Å². The van der Waals surface area contributed by atoms with Gasteiger partial charge in [0.05, 0.1) is 0 Å². The Morgan fingerprint density at radius 2 is 1.74 bits per heavy atom. The molecule has 0 aliphatic rings. The summed E-state index contributed by atoms with van der Waals surface area (Å²) in [6, 6.07) is 16.4. The maximum atomic E-state index is 12.9. The molecule has 2 aromatic rings. The van der Waals surface area contributed by atoms with E-state index in [4.69, 9.17) is 4.74 Å². The predicted molar refractivity (Wildman–Crippen MR) is 109 cm³/mol. The zero-order valence-corrected chi connectivity index (χ0v) is 17.2. The van der Waals surface area contributed by atoms with Crippen molar-refractivity contribution in [3.63, 3.8) is 0 Å². The number of halogens is 1. The SMILES string of the molecule is CCNC(=O)[C@H](CC)N(Cc1ccccc1)C(=O)COc1ccc(Br)cc1. The second-order valence-corrected chi connectivity index (χ2v) is 6.98. The van der Waals surface area contributed by atoms with Gasteiger partial charge in [-0.2, -0.15) is 0 Å². The molecule has 6 heteroatoms. The summed E-state index contributed by atoms with van der Waals surface area (Å²) in [4.78, 5) is 27.0. The van der Waals surface area contributed by atoms with Gasteiger partial charge in [0.15, 0.2) is 6.61 Å². The first-order valence-corrected chi connectivity index (χ1v) is 9.83. The van der Waals surface area contributed by atoms with Crippen LogP contribution in [-0.4, -0.2) is 35.9 Å². The third-order valence-electron chi connectivity index (χ3n) is 4.11. The van der Waals surface area contributed by atoms with Crippen LogP contribution in [0.4, 0.5) is 0 Å². The number of carbonyl (C=O) groups excluding carboxylic acids is 2. The fourth-order valence-corrected chi connectivity index (χ4v) is 3.01. The van der Waals surface area contributed by atoms with Crippen LogP contribution in [0.1, 0.15) is 25.8 Å². The largest absolute Gasteiger partial charge is 0.484 e. The molecular formula is C21H25BrN2O3. The molecule has 0 aromatic heterocycles. The highest BCUT2D eigenvalue weighted by molar-refractivity contribution is 9.10. The minimum absolute atomic E-state index is 0.121. The average molecular weight is 433 g/mol. The molecule has 2 aromatic carbocycles. The van der Waals surface area contributed by atoms with Crippen LogP contribution in [0.3, 0.4) is 0 Å². The van der Waals surface area contributed by atoms with E-state index in [9.17, 15) is 9.59 Å². The van der Waals surface area contributed by atoms with Crippen LogP contribution in [0.15, 0.2) is 59.1 Å². The van der Waals surface area contributed by atoms with Gasteiger partial charge < -0.3 is 15.0 Å². The van der Waals surface area contributed by atoms with E-state index in [1.807, 2.05) is 56.3 Å². The summed E-state index contributed by atoms with van der Waals surface area (Å²) >= 11 is 3.37. The van der Waals surface area contributed by atoms with E-state index in [1.165, 1.54) is 0 Å². The zero-order chi connectivity index (χ0) is 19.6. The number of likely N-dealkylation sites (N-methyl/N-ethyl adjacent to an activating group) is 1. The van der Waals surface area contributed by atoms with Gasteiger partial charge in [0, 0.05) is 17.6 Å². The molecule has 0 heterocycles. The van der Waals surface area contributed by atoms with E-state index in [2.05, 4.69) is 21.2 Å². The minimum Gasteiger partial charge on any atom is -0.484 e. The Labute approximate surface area is 168 Å². The lowest BCUT2D eigenvalue weighted by molar-refractivity contribution is -0.142. The molecular weight excluding hydrogens is 408 g/mol. The lowest BCUT2D eigenvalue weighted by Crippen LogP contribution is -2.50. The highest BCUT2D eigenvalue weighted by Gasteiger charge is 2.28.